The molecule has 0 radical (unpaired) electrons. The van der Waals surface area contributed by atoms with Gasteiger partial charge >= 0.3 is 6.09 Å². The highest BCUT2D eigenvalue weighted by molar-refractivity contribution is 9.10. The van der Waals surface area contributed by atoms with Gasteiger partial charge in [0, 0.05) is 25.4 Å². The predicted molar refractivity (Wildman–Crippen MR) is 81.6 cm³/mol. The van der Waals surface area contributed by atoms with Gasteiger partial charge in [-0.25, -0.2) is 4.79 Å². The summed E-state index contributed by atoms with van der Waals surface area (Å²) in [7, 11) is 3.05. The fourth-order valence-corrected chi connectivity index (χ4v) is 2.92. The first-order valence-corrected chi connectivity index (χ1v) is 7.66. The lowest BCUT2D eigenvalue weighted by Gasteiger charge is -2.29. The van der Waals surface area contributed by atoms with E-state index in [1.807, 2.05) is 0 Å². The molecule has 1 aromatic rings. The van der Waals surface area contributed by atoms with Gasteiger partial charge in [0.2, 0.25) is 0 Å². The summed E-state index contributed by atoms with van der Waals surface area (Å²) < 4.78 is 12.7. The molecule has 1 fully saturated rings. The van der Waals surface area contributed by atoms with Crippen molar-refractivity contribution >= 4 is 22.0 Å². The molecule has 2 rings (SSSR count). The number of methoxy groups -OCH3 is 1. The Morgan fingerprint density at radius 1 is 1.38 bits per heavy atom. The van der Waals surface area contributed by atoms with Crippen LogP contribution in [-0.2, 0) is 11.8 Å². The molecule has 21 heavy (non-hydrogen) atoms. The van der Waals surface area contributed by atoms with Crippen molar-refractivity contribution < 1.29 is 14.3 Å². The fourth-order valence-electron chi connectivity index (χ4n) is 2.40. The van der Waals surface area contributed by atoms with Gasteiger partial charge < -0.3 is 19.4 Å². The Balaban J connectivity index is 1.90. The van der Waals surface area contributed by atoms with Crippen LogP contribution in [0.5, 0.6) is 5.75 Å². The second-order valence-electron chi connectivity index (χ2n) is 5.16. The van der Waals surface area contributed by atoms with Gasteiger partial charge in [-0.05, 0) is 41.6 Å². The van der Waals surface area contributed by atoms with Gasteiger partial charge in [0.25, 0.3) is 5.56 Å². The Morgan fingerprint density at radius 3 is 2.67 bits per heavy atom. The number of pyridine rings is 1. The zero-order valence-electron chi connectivity index (χ0n) is 12.1. The van der Waals surface area contributed by atoms with Crippen molar-refractivity contribution in [2.75, 3.05) is 7.11 Å². The van der Waals surface area contributed by atoms with E-state index in [0.29, 0.717) is 5.75 Å². The molecule has 0 spiro atoms. The van der Waals surface area contributed by atoms with Crippen molar-refractivity contribution in [1.29, 1.82) is 0 Å². The van der Waals surface area contributed by atoms with E-state index in [1.54, 1.807) is 13.2 Å². The van der Waals surface area contributed by atoms with E-state index in [-0.39, 0.29) is 17.7 Å². The fraction of sp³-hybridized carbons (Fsp3) is 0.571. The van der Waals surface area contributed by atoms with Gasteiger partial charge in [0.1, 0.15) is 5.75 Å². The summed E-state index contributed by atoms with van der Waals surface area (Å²) in [6, 6.07) is 1.62. The Hall–Kier alpha value is -1.50. The van der Waals surface area contributed by atoms with Crippen molar-refractivity contribution in [2.24, 2.45) is 7.05 Å². The standard InChI is InChI=1S/C14H19BrN2O4/c1-17-8-11(15)12(7-13(17)18)21-10-5-3-9(4-6-10)16-14(19)20-2/h7-10H,3-6H2,1-2H3,(H,16,19)/t9-,10-. The maximum absolute atomic E-state index is 11.6. The van der Waals surface area contributed by atoms with Crippen molar-refractivity contribution in [3.8, 4) is 5.75 Å². The van der Waals surface area contributed by atoms with Crippen LogP contribution < -0.4 is 15.6 Å². The van der Waals surface area contributed by atoms with Crippen molar-refractivity contribution in [3.63, 3.8) is 0 Å². The van der Waals surface area contributed by atoms with Crippen LogP contribution in [0.2, 0.25) is 0 Å². The topological polar surface area (TPSA) is 69.6 Å². The first-order valence-electron chi connectivity index (χ1n) is 6.87. The number of nitrogens with one attached hydrogen (secondary N) is 1. The van der Waals surface area contributed by atoms with E-state index >= 15 is 0 Å². The number of hydrogen-bond acceptors (Lipinski definition) is 4. The summed E-state index contributed by atoms with van der Waals surface area (Å²) in [5.41, 5.74) is -0.103. The van der Waals surface area contributed by atoms with E-state index in [2.05, 4.69) is 26.0 Å². The average Bonchev–Trinajstić information content (AvgIpc) is 2.46. The molecular weight excluding hydrogens is 340 g/mol. The summed E-state index contributed by atoms with van der Waals surface area (Å²) in [6.45, 7) is 0. The first kappa shape index (κ1) is 15.9. The minimum absolute atomic E-state index is 0.0594. The molecule has 0 aromatic carbocycles. The molecule has 0 aliphatic heterocycles. The molecule has 1 saturated carbocycles. The van der Waals surface area contributed by atoms with Crippen LogP contribution in [0.3, 0.4) is 0 Å². The monoisotopic (exact) mass is 358 g/mol. The second-order valence-corrected chi connectivity index (χ2v) is 6.02. The molecule has 1 aliphatic rings. The highest BCUT2D eigenvalue weighted by atomic mass is 79.9. The summed E-state index contributed by atoms with van der Waals surface area (Å²) in [6.07, 6.45) is 4.69. The molecule has 0 saturated heterocycles. The summed E-state index contributed by atoms with van der Waals surface area (Å²) >= 11 is 3.40. The summed E-state index contributed by atoms with van der Waals surface area (Å²) in [5.74, 6) is 0.572. The maximum Gasteiger partial charge on any atom is 0.407 e. The van der Waals surface area contributed by atoms with Gasteiger partial charge in [-0.1, -0.05) is 0 Å². The van der Waals surface area contributed by atoms with E-state index in [9.17, 15) is 9.59 Å². The van der Waals surface area contributed by atoms with E-state index in [0.717, 1.165) is 30.2 Å². The molecule has 1 N–H and O–H groups in total. The molecule has 1 aliphatic carbocycles. The number of aromatic nitrogens is 1. The number of carbonyl (C=O) groups excluding carboxylic acids is 1. The number of aryl methyl sites for hydroxylation is 1. The molecular formula is C14H19BrN2O4. The normalized spacial score (nSPS) is 21.7. The van der Waals surface area contributed by atoms with Gasteiger partial charge in [-0.2, -0.15) is 0 Å². The minimum atomic E-state index is -0.395. The second kappa shape index (κ2) is 6.98. The number of ether oxygens (including phenoxy) is 2. The summed E-state index contributed by atoms with van der Waals surface area (Å²) in [5, 5.41) is 2.80. The van der Waals surface area contributed by atoms with Crippen LogP contribution in [-0.4, -0.2) is 29.9 Å². The highest BCUT2D eigenvalue weighted by Gasteiger charge is 2.24. The lowest BCUT2D eigenvalue weighted by molar-refractivity contribution is 0.128. The first-order chi connectivity index (χ1) is 9.99. The zero-order chi connectivity index (χ0) is 15.4. The van der Waals surface area contributed by atoms with Gasteiger partial charge in [-0.15, -0.1) is 0 Å². The number of hydrogen-bond donors (Lipinski definition) is 1. The van der Waals surface area contributed by atoms with Crippen LogP contribution in [0, 0.1) is 0 Å². The minimum Gasteiger partial charge on any atom is -0.489 e. The molecule has 116 valence electrons. The van der Waals surface area contributed by atoms with E-state index in [4.69, 9.17) is 4.74 Å². The molecule has 0 atom stereocenters. The van der Waals surface area contributed by atoms with E-state index < -0.39 is 6.09 Å². The molecule has 1 heterocycles. The number of carbonyl (C=O) groups is 1. The third kappa shape index (κ3) is 4.23. The van der Waals surface area contributed by atoms with Crippen molar-refractivity contribution in [2.45, 2.75) is 37.8 Å². The number of nitrogens with zero attached hydrogens (tertiary/aromatic N) is 1. The number of halogens is 1. The molecule has 6 nitrogen and oxygen atoms in total. The van der Waals surface area contributed by atoms with Crippen LogP contribution in [0.4, 0.5) is 4.79 Å². The third-order valence-electron chi connectivity index (χ3n) is 3.62. The number of alkyl carbamates (subject to hydrolysis) is 1. The van der Waals surface area contributed by atoms with Gasteiger partial charge in [0.15, 0.2) is 0 Å². The maximum atomic E-state index is 11.6. The molecule has 0 unspecified atom stereocenters. The Labute approximate surface area is 131 Å². The lowest BCUT2D eigenvalue weighted by atomic mass is 9.93. The predicted octanol–water partition coefficient (Wildman–Crippen LogP) is 2.19. The number of amides is 1. The lowest BCUT2D eigenvalue weighted by Crippen LogP contribution is -2.39. The van der Waals surface area contributed by atoms with Gasteiger partial charge in [0.05, 0.1) is 17.7 Å². The van der Waals surface area contributed by atoms with Crippen molar-refractivity contribution in [3.05, 3.63) is 27.1 Å². The summed E-state index contributed by atoms with van der Waals surface area (Å²) in [4.78, 5) is 22.8. The Bertz CT molecular complexity index is 565. The zero-order valence-corrected chi connectivity index (χ0v) is 13.7. The molecule has 1 amide bonds. The van der Waals surface area contributed by atoms with Crippen molar-refractivity contribution in [1.82, 2.24) is 9.88 Å². The molecule has 1 aromatic heterocycles. The quantitative estimate of drug-likeness (QED) is 0.898. The van der Waals surface area contributed by atoms with Crippen LogP contribution >= 0.6 is 15.9 Å². The third-order valence-corrected chi connectivity index (χ3v) is 4.22. The highest BCUT2D eigenvalue weighted by Crippen LogP contribution is 2.28. The van der Waals surface area contributed by atoms with Crippen LogP contribution in [0.1, 0.15) is 25.7 Å². The number of rotatable bonds is 3. The van der Waals surface area contributed by atoms with E-state index in [1.165, 1.54) is 17.7 Å². The molecule has 7 heteroatoms. The SMILES string of the molecule is COC(=O)N[C@H]1CC[C@H](Oc2cc(=O)n(C)cc2Br)CC1. The van der Waals surface area contributed by atoms with Crippen LogP contribution in [0.15, 0.2) is 21.5 Å². The Kier molecular flexibility index (Phi) is 5.27. The largest absolute Gasteiger partial charge is 0.489 e. The van der Waals surface area contributed by atoms with Crippen LogP contribution in [0.25, 0.3) is 0 Å². The smallest absolute Gasteiger partial charge is 0.407 e. The molecule has 0 bridgehead atoms. The van der Waals surface area contributed by atoms with Gasteiger partial charge in [-0.3, -0.25) is 4.79 Å². The average molecular weight is 359 g/mol. The Morgan fingerprint density at radius 2 is 2.05 bits per heavy atom.